The van der Waals surface area contributed by atoms with Gasteiger partial charge in [0, 0.05) is 0 Å². The minimum absolute atomic E-state index is 0.162. The number of carbonyl (C=O) groups is 1. The molecule has 1 rings (SSSR count). The number of aryl methyl sites for hydroxylation is 1. The summed E-state index contributed by atoms with van der Waals surface area (Å²) in [5.74, 6) is 0.197. The first-order valence-electron chi connectivity index (χ1n) is 5.20. The fourth-order valence-corrected chi connectivity index (χ4v) is 3.03. The number of rotatable bonds is 5. The van der Waals surface area contributed by atoms with Gasteiger partial charge in [-0.2, -0.15) is 4.31 Å². The zero-order valence-electron chi connectivity index (χ0n) is 10.1. The van der Waals surface area contributed by atoms with Crippen LogP contribution in [0.15, 0.2) is 23.1 Å². The molecule has 19 heavy (non-hydrogen) atoms. The summed E-state index contributed by atoms with van der Waals surface area (Å²) in [7, 11) is -4.06. The number of aliphatic carboxylic acids is 1. The van der Waals surface area contributed by atoms with Gasteiger partial charge in [-0.1, -0.05) is 5.92 Å². The van der Waals surface area contributed by atoms with Gasteiger partial charge in [-0.25, -0.2) is 12.8 Å². The minimum atomic E-state index is -4.06. The van der Waals surface area contributed by atoms with Crippen LogP contribution in [0.4, 0.5) is 4.39 Å². The molecule has 0 aliphatic carbocycles. The third-order valence-corrected chi connectivity index (χ3v) is 4.29. The molecule has 1 aromatic rings. The summed E-state index contributed by atoms with van der Waals surface area (Å²) in [5, 5.41) is 8.70. The molecular weight excluding hydrogens is 273 g/mol. The molecule has 0 amide bonds. The molecule has 1 N–H and O–H groups in total. The Hall–Kier alpha value is -1.91. The number of hydrogen-bond acceptors (Lipinski definition) is 3. The van der Waals surface area contributed by atoms with Crippen LogP contribution < -0.4 is 0 Å². The fourth-order valence-electron chi connectivity index (χ4n) is 1.52. The van der Waals surface area contributed by atoms with Crippen LogP contribution >= 0.6 is 0 Å². The lowest BCUT2D eigenvalue weighted by Gasteiger charge is -2.19. The largest absolute Gasteiger partial charge is 0.480 e. The van der Waals surface area contributed by atoms with E-state index in [-0.39, 0.29) is 17.0 Å². The SMILES string of the molecule is C#CCN(CC(=O)O)S(=O)(=O)c1ccc(F)cc1C. The van der Waals surface area contributed by atoms with Gasteiger partial charge in [0.2, 0.25) is 10.0 Å². The van der Waals surface area contributed by atoms with Crippen molar-refractivity contribution in [3.8, 4) is 12.3 Å². The molecular formula is C12H12FNO4S. The van der Waals surface area contributed by atoms with Gasteiger partial charge in [0.1, 0.15) is 12.4 Å². The van der Waals surface area contributed by atoms with Gasteiger partial charge in [-0.3, -0.25) is 4.79 Å². The van der Waals surface area contributed by atoms with Crippen LogP contribution in [0.2, 0.25) is 0 Å². The average Bonchev–Trinajstić information content (AvgIpc) is 2.27. The van der Waals surface area contributed by atoms with E-state index in [4.69, 9.17) is 11.5 Å². The topological polar surface area (TPSA) is 74.7 Å². The first-order valence-corrected chi connectivity index (χ1v) is 6.64. The van der Waals surface area contributed by atoms with E-state index in [2.05, 4.69) is 5.92 Å². The Morgan fingerprint density at radius 2 is 2.16 bits per heavy atom. The number of terminal acetylenes is 1. The number of hydrogen-bond donors (Lipinski definition) is 1. The molecule has 0 unspecified atom stereocenters. The summed E-state index contributed by atoms with van der Waals surface area (Å²) >= 11 is 0. The van der Waals surface area contributed by atoms with Gasteiger partial charge in [-0.05, 0) is 30.7 Å². The molecule has 0 saturated heterocycles. The van der Waals surface area contributed by atoms with Crippen LogP contribution in [0, 0.1) is 25.1 Å². The van der Waals surface area contributed by atoms with Crippen molar-refractivity contribution in [1.82, 2.24) is 4.31 Å². The Balaban J connectivity index is 3.27. The Labute approximate surface area is 110 Å². The molecule has 7 heteroatoms. The maximum absolute atomic E-state index is 13.0. The second-order valence-electron chi connectivity index (χ2n) is 3.78. The number of sulfonamides is 1. The molecule has 0 aliphatic heterocycles. The first-order chi connectivity index (χ1) is 8.78. The summed E-state index contributed by atoms with van der Waals surface area (Å²) in [6, 6.07) is 3.14. The average molecular weight is 285 g/mol. The summed E-state index contributed by atoms with van der Waals surface area (Å²) < 4.78 is 38.1. The molecule has 0 aromatic heterocycles. The fraction of sp³-hybridized carbons (Fsp3) is 0.250. The van der Waals surface area contributed by atoms with Crippen molar-refractivity contribution in [1.29, 1.82) is 0 Å². The normalized spacial score (nSPS) is 11.3. The highest BCUT2D eigenvalue weighted by Crippen LogP contribution is 2.20. The summed E-state index contributed by atoms with van der Waals surface area (Å²) in [4.78, 5) is 10.5. The zero-order chi connectivity index (χ0) is 14.6. The van der Waals surface area contributed by atoms with Crippen LogP contribution in [0.1, 0.15) is 5.56 Å². The van der Waals surface area contributed by atoms with Crippen molar-refractivity contribution in [2.24, 2.45) is 0 Å². The zero-order valence-corrected chi connectivity index (χ0v) is 10.9. The van der Waals surface area contributed by atoms with Crippen molar-refractivity contribution >= 4 is 16.0 Å². The highest BCUT2D eigenvalue weighted by atomic mass is 32.2. The Bertz CT molecular complexity index is 634. The molecule has 0 aliphatic rings. The quantitative estimate of drug-likeness (QED) is 0.814. The molecule has 0 heterocycles. The van der Waals surface area contributed by atoms with Gasteiger partial charge in [0.15, 0.2) is 0 Å². The summed E-state index contributed by atoms with van der Waals surface area (Å²) in [6.45, 7) is 0.305. The van der Waals surface area contributed by atoms with E-state index in [1.165, 1.54) is 6.92 Å². The second-order valence-corrected chi connectivity index (χ2v) is 5.69. The van der Waals surface area contributed by atoms with E-state index in [0.717, 1.165) is 18.2 Å². The number of carboxylic acids is 1. The molecule has 0 saturated carbocycles. The van der Waals surface area contributed by atoms with Gasteiger partial charge in [0.25, 0.3) is 0 Å². The lowest BCUT2D eigenvalue weighted by atomic mass is 10.2. The molecule has 0 atom stereocenters. The van der Waals surface area contributed by atoms with E-state index >= 15 is 0 Å². The van der Waals surface area contributed by atoms with Crippen molar-refractivity contribution < 1.29 is 22.7 Å². The van der Waals surface area contributed by atoms with Crippen LogP contribution in [-0.4, -0.2) is 36.9 Å². The molecule has 5 nitrogen and oxygen atoms in total. The Morgan fingerprint density at radius 1 is 1.53 bits per heavy atom. The van der Waals surface area contributed by atoms with Crippen LogP contribution in [-0.2, 0) is 14.8 Å². The molecule has 102 valence electrons. The van der Waals surface area contributed by atoms with E-state index in [9.17, 15) is 17.6 Å². The molecule has 1 aromatic carbocycles. The number of carboxylic acid groups (broad SMARTS) is 1. The highest BCUT2D eigenvalue weighted by Gasteiger charge is 2.27. The first kappa shape index (κ1) is 15.1. The predicted molar refractivity (Wildman–Crippen MR) is 66.4 cm³/mol. The van der Waals surface area contributed by atoms with Gasteiger partial charge in [-0.15, -0.1) is 6.42 Å². The molecule has 0 fully saturated rings. The third kappa shape index (κ3) is 3.53. The van der Waals surface area contributed by atoms with E-state index < -0.39 is 28.4 Å². The number of halogens is 1. The van der Waals surface area contributed by atoms with E-state index in [0.29, 0.717) is 4.31 Å². The molecule has 0 radical (unpaired) electrons. The van der Waals surface area contributed by atoms with Crippen molar-refractivity contribution in [3.63, 3.8) is 0 Å². The lowest BCUT2D eigenvalue weighted by Crippen LogP contribution is -2.36. The van der Waals surface area contributed by atoms with Crippen LogP contribution in [0.5, 0.6) is 0 Å². The monoisotopic (exact) mass is 285 g/mol. The standard InChI is InChI=1S/C12H12FNO4S/c1-3-6-14(8-12(15)16)19(17,18)11-5-4-10(13)7-9(11)2/h1,4-5,7H,6,8H2,2H3,(H,15,16). The predicted octanol–water partition coefficient (Wildman–Crippen LogP) is 0.843. The Morgan fingerprint density at radius 3 is 2.63 bits per heavy atom. The van der Waals surface area contributed by atoms with Crippen molar-refractivity contribution in [3.05, 3.63) is 29.6 Å². The number of nitrogens with zero attached hydrogens (tertiary/aromatic N) is 1. The minimum Gasteiger partial charge on any atom is -0.480 e. The lowest BCUT2D eigenvalue weighted by molar-refractivity contribution is -0.137. The van der Waals surface area contributed by atoms with Gasteiger partial charge in [0.05, 0.1) is 11.4 Å². The van der Waals surface area contributed by atoms with Crippen LogP contribution in [0.25, 0.3) is 0 Å². The second kappa shape index (κ2) is 5.82. The molecule has 0 spiro atoms. The highest BCUT2D eigenvalue weighted by molar-refractivity contribution is 7.89. The van der Waals surface area contributed by atoms with Crippen molar-refractivity contribution in [2.45, 2.75) is 11.8 Å². The smallest absolute Gasteiger partial charge is 0.318 e. The summed E-state index contributed by atoms with van der Waals surface area (Å²) in [5.41, 5.74) is 0.187. The summed E-state index contributed by atoms with van der Waals surface area (Å²) in [6.07, 6.45) is 5.03. The van der Waals surface area contributed by atoms with Crippen LogP contribution in [0.3, 0.4) is 0 Å². The number of benzene rings is 1. The van der Waals surface area contributed by atoms with Gasteiger partial charge < -0.3 is 5.11 Å². The maximum atomic E-state index is 13.0. The van der Waals surface area contributed by atoms with Crippen molar-refractivity contribution in [2.75, 3.05) is 13.1 Å². The van der Waals surface area contributed by atoms with E-state index in [1.54, 1.807) is 0 Å². The van der Waals surface area contributed by atoms with Gasteiger partial charge >= 0.3 is 5.97 Å². The van der Waals surface area contributed by atoms with E-state index in [1.807, 2.05) is 0 Å². The Kier molecular flexibility index (Phi) is 4.64. The third-order valence-electron chi connectivity index (χ3n) is 2.33. The maximum Gasteiger partial charge on any atom is 0.318 e. The molecule has 0 bridgehead atoms.